The number of hydrogen-bond donors (Lipinski definition) is 1. The summed E-state index contributed by atoms with van der Waals surface area (Å²) in [5.74, 6) is 0.242. The highest BCUT2D eigenvalue weighted by Gasteiger charge is 2.26. The van der Waals surface area contributed by atoms with Gasteiger partial charge in [0.15, 0.2) is 9.84 Å². The average molecular weight is 281 g/mol. The maximum atomic E-state index is 12.2. The molecule has 1 fully saturated rings. The van der Waals surface area contributed by atoms with E-state index in [2.05, 4.69) is 5.32 Å². The van der Waals surface area contributed by atoms with Gasteiger partial charge < -0.3 is 5.32 Å². The molecule has 1 aromatic rings. The van der Waals surface area contributed by atoms with E-state index >= 15 is 0 Å². The SMILES string of the molecule is Cc1ccc(NCCS(=O)(=O)C2CCCCC2)cc1. The number of nitrogens with one attached hydrogen (secondary N) is 1. The molecule has 0 saturated heterocycles. The standard InChI is InChI=1S/C15H23NO2S/c1-13-7-9-14(10-8-13)16-11-12-19(17,18)15-5-3-2-4-6-15/h7-10,15-16H,2-6,11-12H2,1H3. The van der Waals surface area contributed by atoms with E-state index in [1.807, 2.05) is 31.2 Å². The number of anilines is 1. The second kappa shape index (κ2) is 6.42. The Kier molecular flexibility index (Phi) is 4.86. The molecule has 0 spiro atoms. The van der Waals surface area contributed by atoms with Gasteiger partial charge in [-0.3, -0.25) is 0 Å². The second-order valence-corrected chi connectivity index (χ2v) is 7.82. The second-order valence-electron chi connectivity index (χ2n) is 5.42. The van der Waals surface area contributed by atoms with Crippen LogP contribution in [0.3, 0.4) is 0 Å². The third-order valence-corrected chi connectivity index (χ3v) is 6.09. The summed E-state index contributed by atoms with van der Waals surface area (Å²) in [5.41, 5.74) is 2.20. The number of rotatable bonds is 5. The summed E-state index contributed by atoms with van der Waals surface area (Å²) in [7, 11) is -2.92. The third kappa shape index (κ3) is 4.23. The Morgan fingerprint density at radius 2 is 1.74 bits per heavy atom. The smallest absolute Gasteiger partial charge is 0.154 e. The van der Waals surface area contributed by atoms with Crippen molar-refractivity contribution < 1.29 is 8.42 Å². The molecule has 3 nitrogen and oxygen atoms in total. The molecule has 19 heavy (non-hydrogen) atoms. The molecule has 0 heterocycles. The summed E-state index contributed by atoms with van der Waals surface area (Å²) in [6, 6.07) is 8.03. The Balaban J connectivity index is 1.82. The van der Waals surface area contributed by atoms with Crippen molar-refractivity contribution in [1.82, 2.24) is 0 Å². The Hall–Kier alpha value is -1.03. The predicted octanol–water partition coefficient (Wildman–Crippen LogP) is 3.15. The quantitative estimate of drug-likeness (QED) is 0.902. The number of sulfone groups is 1. The van der Waals surface area contributed by atoms with Crippen molar-refractivity contribution in [3.8, 4) is 0 Å². The summed E-state index contributed by atoms with van der Waals surface area (Å²) in [6.45, 7) is 2.54. The number of hydrogen-bond acceptors (Lipinski definition) is 3. The highest BCUT2D eigenvalue weighted by atomic mass is 32.2. The van der Waals surface area contributed by atoms with Gasteiger partial charge in [0.2, 0.25) is 0 Å². The Morgan fingerprint density at radius 1 is 1.11 bits per heavy atom. The molecule has 0 atom stereocenters. The van der Waals surface area contributed by atoms with Crippen molar-refractivity contribution in [2.45, 2.75) is 44.3 Å². The largest absolute Gasteiger partial charge is 0.384 e. The molecule has 2 rings (SSSR count). The van der Waals surface area contributed by atoms with Gasteiger partial charge in [0.25, 0.3) is 0 Å². The first-order valence-corrected chi connectivity index (χ1v) is 8.81. The van der Waals surface area contributed by atoms with Gasteiger partial charge in [0.1, 0.15) is 0 Å². The summed E-state index contributed by atoms with van der Waals surface area (Å²) in [6.07, 6.45) is 5.03. The van der Waals surface area contributed by atoms with Crippen LogP contribution in [0.25, 0.3) is 0 Å². The van der Waals surface area contributed by atoms with Crippen molar-refractivity contribution in [2.24, 2.45) is 0 Å². The lowest BCUT2D eigenvalue weighted by atomic mass is 10.0. The molecule has 1 saturated carbocycles. The van der Waals surface area contributed by atoms with Crippen LogP contribution < -0.4 is 5.32 Å². The fraction of sp³-hybridized carbons (Fsp3) is 0.600. The Morgan fingerprint density at radius 3 is 2.37 bits per heavy atom. The van der Waals surface area contributed by atoms with E-state index in [0.29, 0.717) is 6.54 Å². The maximum absolute atomic E-state index is 12.2. The first kappa shape index (κ1) is 14.4. The van der Waals surface area contributed by atoms with Crippen molar-refractivity contribution in [3.05, 3.63) is 29.8 Å². The Bertz CT molecular complexity index is 487. The van der Waals surface area contributed by atoms with Crippen LogP contribution in [0.2, 0.25) is 0 Å². The van der Waals surface area contributed by atoms with Gasteiger partial charge in [0, 0.05) is 12.2 Å². The maximum Gasteiger partial charge on any atom is 0.154 e. The van der Waals surface area contributed by atoms with Gasteiger partial charge in [0.05, 0.1) is 11.0 Å². The van der Waals surface area contributed by atoms with Crippen LogP contribution in [-0.2, 0) is 9.84 Å². The van der Waals surface area contributed by atoms with Crippen LogP contribution in [0, 0.1) is 6.92 Å². The van der Waals surface area contributed by atoms with Crippen molar-refractivity contribution >= 4 is 15.5 Å². The molecule has 1 aliphatic rings. The van der Waals surface area contributed by atoms with Crippen molar-refractivity contribution in [3.63, 3.8) is 0 Å². The van der Waals surface area contributed by atoms with E-state index in [1.165, 1.54) is 12.0 Å². The van der Waals surface area contributed by atoms with Gasteiger partial charge in [-0.1, -0.05) is 37.0 Å². The molecule has 0 aromatic heterocycles. The van der Waals surface area contributed by atoms with Crippen LogP contribution in [0.5, 0.6) is 0 Å². The zero-order valence-electron chi connectivity index (χ0n) is 11.6. The minimum absolute atomic E-state index is 0.0962. The molecule has 0 radical (unpaired) electrons. The van der Waals surface area contributed by atoms with Crippen LogP contribution in [0.15, 0.2) is 24.3 Å². The molecular formula is C15H23NO2S. The highest BCUT2D eigenvalue weighted by molar-refractivity contribution is 7.92. The normalized spacial score (nSPS) is 17.3. The number of aryl methyl sites for hydroxylation is 1. The first-order chi connectivity index (χ1) is 9.08. The topological polar surface area (TPSA) is 46.2 Å². The first-order valence-electron chi connectivity index (χ1n) is 7.10. The monoisotopic (exact) mass is 281 g/mol. The summed E-state index contributed by atoms with van der Waals surface area (Å²) in [4.78, 5) is 0. The molecule has 0 bridgehead atoms. The van der Waals surface area contributed by atoms with E-state index in [9.17, 15) is 8.42 Å². The lowest BCUT2D eigenvalue weighted by Gasteiger charge is -2.21. The molecule has 0 aliphatic heterocycles. The summed E-state index contributed by atoms with van der Waals surface area (Å²) >= 11 is 0. The third-order valence-electron chi connectivity index (χ3n) is 3.83. The zero-order valence-corrected chi connectivity index (χ0v) is 12.4. The Labute approximate surface area is 116 Å². The van der Waals surface area contributed by atoms with E-state index in [-0.39, 0.29) is 11.0 Å². The van der Waals surface area contributed by atoms with Crippen LogP contribution in [0.4, 0.5) is 5.69 Å². The van der Waals surface area contributed by atoms with E-state index in [1.54, 1.807) is 0 Å². The molecule has 1 N–H and O–H groups in total. The van der Waals surface area contributed by atoms with Gasteiger partial charge in [-0.05, 0) is 31.9 Å². The molecule has 106 valence electrons. The molecular weight excluding hydrogens is 258 g/mol. The minimum atomic E-state index is -2.92. The molecule has 0 unspecified atom stereocenters. The fourth-order valence-corrected chi connectivity index (χ4v) is 4.37. The lowest BCUT2D eigenvalue weighted by Crippen LogP contribution is -2.29. The van der Waals surface area contributed by atoms with Crippen LogP contribution >= 0.6 is 0 Å². The zero-order chi connectivity index (χ0) is 13.7. The van der Waals surface area contributed by atoms with E-state index in [4.69, 9.17) is 0 Å². The number of benzene rings is 1. The fourth-order valence-electron chi connectivity index (χ4n) is 2.60. The van der Waals surface area contributed by atoms with Gasteiger partial charge in [-0.15, -0.1) is 0 Å². The van der Waals surface area contributed by atoms with Gasteiger partial charge in [-0.2, -0.15) is 0 Å². The molecule has 0 amide bonds. The highest BCUT2D eigenvalue weighted by Crippen LogP contribution is 2.24. The molecule has 1 aliphatic carbocycles. The van der Waals surface area contributed by atoms with Crippen molar-refractivity contribution in [1.29, 1.82) is 0 Å². The van der Waals surface area contributed by atoms with E-state index in [0.717, 1.165) is 31.4 Å². The average Bonchev–Trinajstić information content (AvgIpc) is 2.42. The van der Waals surface area contributed by atoms with Gasteiger partial charge >= 0.3 is 0 Å². The minimum Gasteiger partial charge on any atom is -0.384 e. The van der Waals surface area contributed by atoms with Gasteiger partial charge in [-0.25, -0.2) is 8.42 Å². The van der Waals surface area contributed by atoms with Crippen LogP contribution in [0.1, 0.15) is 37.7 Å². The summed E-state index contributed by atoms with van der Waals surface area (Å²) < 4.78 is 24.4. The molecule has 1 aromatic carbocycles. The van der Waals surface area contributed by atoms with Crippen LogP contribution in [-0.4, -0.2) is 26.0 Å². The van der Waals surface area contributed by atoms with E-state index < -0.39 is 9.84 Å². The van der Waals surface area contributed by atoms with Crippen molar-refractivity contribution in [2.75, 3.05) is 17.6 Å². The predicted molar refractivity (Wildman–Crippen MR) is 80.3 cm³/mol. The lowest BCUT2D eigenvalue weighted by molar-refractivity contribution is 0.484. The summed E-state index contributed by atoms with van der Waals surface area (Å²) in [5, 5.41) is 3.09. The molecule has 4 heteroatoms.